The van der Waals surface area contributed by atoms with E-state index in [9.17, 15) is 14.4 Å². The van der Waals surface area contributed by atoms with Gasteiger partial charge in [-0.2, -0.15) is 0 Å². The number of aliphatic hydroxyl groups is 1. The summed E-state index contributed by atoms with van der Waals surface area (Å²) in [5, 5.41) is 9.11. The predicted molar refractivity (Wildman–Crippen MR) is 136 cm³/mol. The molecule has 2 amide bonds. The molecule has 0 bridgehead atoms. The molecule has 0 aliphatic carbocycles. The van der Waals surface area contributed by atoms with Gasteiger partial charge in [0.15, 0.2) is 0 Å². The van der Waals surface area contributed by atoms with Gasteiger partial charge in [-0.1, -0.05) is 67.5 Å². The zero-order chi connectivity index (χ0) is 25.8. The maximum Gasteiger partial charge on any atom is 0.312 e. The smallest absolute Gasteiger partial charge is 0.312 e. The van der Waals surface area contributed by atoms with E-state index in [1.54, 1.807) is 9.80 Å². The summed E-state index contributed by atoms with van der Waals surface area (Å²) in [6.07, 6.45) is 11.6. The third-order valence-electron chi connectivity index (χ3n) is 7.96. The second-order valence-corrected chi connectivity index (χ2v) is 10.4. The SMILES string of the molecule is O=C1OCCC/C=C\[C@H]2O[C@]34C=CCN(Cc5ccccc5)C(=O)C3N(CCCCCCO)C(=O)[C@@H]4[C@@H]12. The van der Waals surface area contributed by atoms with E-state index in [4.69, 9.17) is 14.6 Å². The van der Waals surface area contributed by atoms with Gasteiger partial charge in [0.25, 0.3) is 0 Å². The Morgan fingerprint density at radius 2 is 1.81 bits per heavy atom. The number of nitrogens with zero attached hydrogens (tertiary/aromatic N) is 2. The number of ether oxygens (including phenoxy) is 2. The van der Waals surface area contributed by atoms with Gasteiger partial charge in [0.05, 0.1) is 18.6 Å². The topological polar surface area (TPSA) is 96.4 Å². The highest BCUT2D eigenvalue weighted by Crippen LogP contribution is 2.53. The summed E-state index contributed by atoms with van der Waals surface area (Å²) < 4.78 is 12.2. The van der Waals surface area contributed by atoms with E-state index < -0.39 is 35.6 Å². The molecule has 37 heavy (non-hydrogen) atoms. The molecule has 198 valence electrons. The molecule has 1 unspecified atom stereocenters. The van der Waals surface area contributed by atoms with Crippen LogP contribution < -0.4 is 0 Å². The first-order valence-electron chi connectivity index (χ1n) is 13.5. The fourth-order valence-corrected chi connectivity index (χ4v) is 6.23. The molecule has 1 spiro atoms. The molecule has 1 aromatic rings. The van der Waals surface area contributed by atoms with Gasteiger partial charge in [0.2, 0.25) is 11.8 Å². The zero-order valence-electron chi connectivity index (χ0n) is 21.2. The molecule has 8 nitrogen and oxygen atoms in total. The van der Waals surface area contributed by atoms with Crippen molar-refractivity contribution in [3.05, 3.63) is 60.2 Å². The number of cyclic esters (lactones) is 1. The highest BCUT2D eigenvalue weighted by molar-refractivity contribution is 5.99. The van der Waals surface area contributed by atoms with E-state index in [0.29, 0.717) is 39.1 Å². The standard InChI is InChI=1S/C29H36N2O6/c32-18-9-2-1-8-17-31-25-27(34)30(20-21-12-5-3-6-13-21)16-11-15-29(25)24(26(31)33)23-22(37-29)14-7-4-10-19-36-28(23)35/h3,5-7,11-15,22-25,32H,1-2,4,8-10,16-20H2/b14-7-/t22-,23+,24+,25?,29+/m1/s1. The number of likely N-dealkylation sites (tertiary alicyclic amines) is 1. The predicted octanol–water partition coefficient (Wildman–Crippen LogP) is 2.61. The molecule has 2 saturated heterocycles. The molecule has 1 N–H and O–H groups in total. The minimum atomic E-state index is -1.22. The zero-order valence-corrected chi connectivity index (χ0v) is 21.2. The fourth-order valence-electron chi connectivity index (χ4n) is 6.23. The highest BCUT2D eigenvalue weighted by atomic mass is 16.6. The third kappa shape index (κ3) is 4.84. The van der Waals surface area contributed by atoms with E-state index in [1.165, 1.54) is 0 Å². The molecule has 4 heterocycles. The second-order valence-electron chi connectivity index (χ2n) is 10.4. The van der Waals surface area contributed by atoms with E-state index in [1.807, 2.05) is 54.6 Å². The number of fused-ring (bicyclic) bond motifs is 2. The van der Waals surface area contributed by atoms with Gasteiger partial charge in [-0.3, -0.25) is 14.4 Å². The van der Waals surface area contributed by atoms with Gasteiger partial charge in [-0.25, -0.2) is 0 Å². The van der Waals surface area contributed by atoms with E-state index >= 15 is 0 Å². The van der Waals surface area contributed by atoms with Gasteiger partial charge in [-0.15, -0.1) is 0 Å². The third-order valence-corrected chi connectivity index (χ3v) is 7.96. The van der Waals surface area contributed by atoms with Gasteiger partial charge in [0.1, 0.15) is 17.6 Å². The minimum absolute atomic E-state index is 0.140. The van der Waals surface area contributed by atoms with Crippen LogP contribution in [0.3, 0.4) is 0 Å². The van der Waals surface area contributed by atoms with Gasteiger partial charge >= 0.3 is 5.97 Å². The molecule has 0 saturated carbocycles. The van der Waals surface area contributed by atoms with Crippen LogP contribution in [0.15, 0.2) is 54.6 Å². The van der Waals surface area contributed by atoms with Crippen LogP contribution in [0, 0.1) is 11.8 Å². The Labute approximate surface area is 217 Å². The maximum absolute atomic E-state index is 14.2. The Hall–Kier alpha value is -2.97. The average molecular weight is 509 g/mol. The number of carbonyl (C=O) groups excluding carboxylic acids is 3. The minimum Gasteiger partial charge on any atom is -0.465 e. The summed E-state index contributed by atoms with van der Waals surface area (Å²) in [6, 6.07) is 8.95. The van der Waals surface area contributed by atoms with E-state index in [2.05, 4.69) is 0 Å². The number of esters is 1. The number of amides is 2. The first-order valence-corrected chi connectivity index (χ1v) is 13.5. The number of carbonyl (C=O) groups is 3. The lowest BCUT2D eigenvalue weighted by Gasteiger charge is -2.35. The lowest BCUT2D eigenvalue weighted by Crippen LogP contribution is -2.55. The molecular formula is C29H36N2O6. The normalized spacial score (nSPS) is 32.1. The molecule has 2 fully saturated rings. The van der Waals surface area contributed by atoms with Crippen molar-refractivity contribution in [2.45, 2.75) is 62.8 Å². The van der Waals surface area contributed by atoms with Crippen molar-refractivity contribution in [3.8, 4) is 0 Å². The largest absolute Gasteiger partial charge is 0.465 e. The van der Waals surface area contributed by atoms with Crippen molar-refractivity contribution in [1.29, 1.82) is 0 Å². The highest BCUT2D eigenvalue weighted by Gasteiger charge is 2.71. The van der Waals surface area contributed by atoms with Gasteiger partial charge in [-0.05, 0) is 31.2 Å². The first kappa shape index (κ1) is 25.7. The van der Waals surface area contributed by atoms with Crippen LogP contribution in [0.4, 0.5) is 0 Å². The number of allylic oxidation sites excluding steroid dienone is 1. The summed E-state index contributed by atoms with van der Waals surface area (Å²) in [6.45, 7) is 1.67. The van der Waals surface area contributed by atoms with Gasteiger partial charge in [0, 0.05) is 26.2 Å². The Morgan fingerprint density at radius 1 is 1.00 bits per heavy atom. The number of aliphatic hydroxyl groups excluding tert-OH is 1. The van der Waals surface area contributed by atoms with Crippen molar-refractivity contribution in [3.63, 3.8) is 0 Å². The summed E-state index contributed by atoms with van der Waals surface area (Å²) in [5.41, 5.74) is -0.212. The van der Waals surface area contributed by atoms with Crippen LogP contribution in [-0.4, -0.2) is 76.7 Å². The molecule has 8 heteroatoms. The van der Waals surface area contributed by atoms with Crippen LogP contribution in [-0.2, 0) is 30.4 Å². The van der Waals surface area contributed by atoms with Crippen molar-refractivity contribution in [2.24, 2.45) is 11.8 Å². The molecule has 1 aromatic carbocycles. The van der Waals surface area contributed by atoms with Crippen LogP contribution >= 0.6 is 0 Å². The Bertz CT molecular complexity index is 1060. The lowest BCUT2D eigenvalue weighted by atomic mass is 9.78. The molecular weight excluding hydrogens is 472 g/mol. The van der Waals surface area contributed by atoms with Crippen molar-refractivity contribution < 1.29 is 29.0 Å². The fraction of sp³-hybridized carbons (Fsp3) is 0.552. The monoisotopic (exact) mass is 508 g/mol. The van der Waals surface area contributed by atoms with Crippen LogP contribution in [0.2, 0.25) is 0 Å². The molecule has 4 aliphatic rings. The number of hydrogen-bond donors (Lipinski definition) is 1. The summed E-state index contributed by atoms with van der Waals surface area (Å²) >= 11 is 0. The van der Waals surface area contributed by atoms with Crippen LogP contribution in [0.1, 0.15) is 44.1 Å². The molecule has 0 radical (unpaired) electrons. The number of benzene rings is 1. The van der Waals surface area contributed by atoms with Crippen molar-refractivity contribution in [2.75, 3.05) is 26.3 Å². The lowest BCUT2D eigenvalue weighted by molar-refractivity contribution is -0.154. The summed E-state index contributed by atoms with van der Waals surface area (Å²) in [4.78, 5) is 44.9. The molecule has 0 aromatic heterocycles. The first-order chi connectivity index (χ1) is 18.1. The Kier molecular flexibility index (Phi) is 7.76. The number of hydrogen-bond acceptors (Lipinski definition) is 6. The van der Waals surface area contributed by atoms with E-state index in [-0.39, 0.29) is 18.4 Å². The quantitative estimate of drug-likeness (QED) is 0.330. The van der Waals surface area contributed by atoms with Crippen molar-refractivity contribution in [1.82, 2.24) is 9.80 Å². The average Bonchev–Trinajstić information content (AvgIpc) is 3.31. The summed E-state index contributed by atoms with van der Waals surface area (Å²) in [7, 11) is 0. The molecule has 4 aliphatic heterocycles. The molecule has 5 atom stereocenters. The second kappa shape index (κ2) is 11.2. The van der Waals surface area contributed by atoms with Crippen molar-refractivity contribution >= 4 is 17.8 Å². The van der Waals surface area contributed by atoms with Gasteiger partial charge < -0.3 is 24.4 Å². The van der Waals surface area contributed by atoms with Crippen LogP contribution in [0.5, 0.6) is 0 Å². The Morgan fingerprint density at radius 3 is 2.62 bits per heavy atom. The number of rotatable bonds is 8. The number of unbranched alkanes of at least 4 members (excludes halogenated alkanes) is 3. The van der Waals surface area contributed by atoms with E-state index in [0.717, 1.165) is 31.2 Å². The van der Waals surface area contributed by atoms with Crippen LogP contribution in [0.25, 0.3) is 0 Å². The maximum atomic E-state index is 14.2. The Balaban J connectivity index is 1.49. The summed E-state index contributed by atoms with van der Waals surface area (Å²) in [5.74, 6) is -2.41. The molecule has 5 rings (SSSR count).